The van der Waals surface area contributed by atoms with Crippen LogP contribution in [-0.4, -0.2) is 22.5 Å². The van der Waals surface area contributed by atoms with E-state index in [9.17, 15) is 14.7 Å². The number of hydrogen-bond donors (Lipinski definition) is 2. The first kappa shape index (κ1) is 14.6. The van der Waals surface area contributed by atoms with E-state index >= 15 is 0 Å². The molecule has 0 spiro atoms. The second kappa shape index (κ2) is 5.65. The largest absolute Gasteiger partial charge is 0.480 e. The quantitative estimate of drug-likeness (QED) is 0.837. The summed E-state index contributed by atoms with van der Waals surface area (Å²) in [6.07, 6.45) is 2.70. The number of nitrogens with one attached hydrogen (secondary N) is 1. The van der Waals surface area contributed by atoms with Crippen LogP contribution < -0.4 is 5.32 Å². The number of aliphatic carboxylic acids is 1. The first-order chi connectivity index (χ1) is 9.41. The molecule has 0 aromatic heterocycles. The van der Waals surface area contributed by atoms with Gasteiger partial charge in [-0.25, -0.2) is 4.79 Å². The number of rotatable bonds is 6. The normalized spacial score (nSPS) is 17.3. The lowest BCUT2D eigenvalue weighted by Gasteiger charge is -2.26. The number of benzene rings is 1. The van der Waals surface area contributed by atoms with Crippen LogP contribution in [0, 0.1) is 12.8 Å². The predicted molar refractivity (Wildman–Crippen MR) is 76.4 cm³/mol. The standard InChI is InChI=1S/C16H21NO3/c1-11-4-3-5-12(10-11)6-9-14(18)17-16(2,15(19)20)13-7-8-13/h3-5,10,13H,6-9H2,1-2H3,(H,17,18)(H,19,20). The van der Waals surface area contributed by atoms with Gasteiger partial charge in [-0.3, -0.25) is 4.79 Å². The number of aryl methyl sites for hydroxylation is 2. The van der Waals surface area contributed by atoms with Gasteiger partial charge in [-0.15, -0.1) is 0 Å². The van der Waals surface area contributed by atoms with E-state index in [-0.39, 0.29) is 11.8 Å². The van der Waals surface area contributed by atoms with Crippen LogP contribution in [0.1, 0.15) is 37.3 Å². The molecule has 1 fully saturated rings. The Labute approximate surface area is 119 Å². The maximum Gasteiger partial charge on any atom is 0.329 e. The van der Waals surface area contributed by atoms with Gasteiger partial charge in [0.15, 0.2) is 0 Å². The fraction of sp³-hybridized carbons (Fsp3) is 0.500. The van der Waals surface area contributed by atoms with E-state index in [0.717, 1.165) is 24.0 Å². The Morgan fingerprint density at radius 3 is 2.65 bits per heavy atom. The number of amides is 1. The molecule has 2 rings (SSSR count). The Hall–Kier alpha value is -1.84. The lowest BCUT2D eigenvalue weighted by Crippen LogP contribution is -2.54. The highest BCUT2D eigenvalue weighted by molar-refractivity contribution is 5.87. The molecule has 1 aliphatic rings. The summed E-state index contributed by atoms with van der Waals surface area (Å²) in [5, 5.41) is 12.0. The van der Waals surface area contributed by atoms with Crippen LogP contribution in [0.5, 0.6) is 0 Å². The molecule has 1 aromatic rings. The van der Waals surface area contributed by atoms with Gasteiger partial charge < -0.3 is 10.4 Å². The van der Waals surface area contributed by atoms with Gasteiger partial charge in [0.25, 0.3) is 0 Å². The van der Waals surface area contributed by atoms with Gasteiger partial charge in [0.1, 0.15) is 5.54 Å². The van der Waals surface area contributed by atoms with E-state index in [4.69, 9.17) is 0 Å². The molecule has 1 aliphatic carbocycles. The predicted octanol–water partition coefficient (Wildman–Crippen LogP) is 2.30. The smallest absolute Gasteiger partial charge is 0.329 e. The number of carboxylic acids is 1. The minimum absolute atomic E-state index is 0.0721. The molecule has 4 nitrogen and oxygen atoms in total. The summed E-state index contributed by atoms with van der Waals surface area (Å²) in [5.74, 6) is -1.06. The second-order valence-electron chi connectivity index (χ2n) is 5.82. The van der Waals surface area contributed by atoms with E-state index in [1.54, 1.807) is 6.92 Å². The van der Waals surface area contributed by atoms with Crippen molar-refractivity contribution in [1.82, 2.24) is 5.32 Å². The van der Waals surface area contributed by atoms with Crippen molar-refractivity contribution < 1.29 is 14.7 Å². The van der Waals surface area contributed by atoms with Crippen molar-refractivity contribution in [3.8, 4) is 0 Å². The molecule has 1 unspecified atom stereocenters. The van der Waals surface area contributed by atoms with Gasteiger partial charge in [-0.05, 0) is 44.6 Å². The average Bonchev–Trinajstić information content (AvgIpc) is 3.20. The molecule has 0 radical (unpaired) electrons. The van der Waals surface area contributed by atoms with Gasteiger partial charge in [-0.1, -0.05) is 29.8 Å². The van der Waals surface area contributed by atoms with Crippen molar-refractivity contribution in [2.75, 3.05) is 0 Å². The average molecular weight is 275 g/mol. The lowest BCUT2D eigenvalue weighted by atomic mass is 9.95. The molecule has 2 N–H and O–H groups in total. The Balaban J connectivity index is 1.90. The van der Waals surface area contributed by atoms with Crippen LogP contribution in [0.3, 0.4) is 0 Å². The molecule has 4 heteroatoms. The zero-order valence-electron chi connectivity index (χ0n) is 12.0. The van der Waals surface area contributed by atoms with E-state index in [1.165, 1.54) is 0 Å². The third kappa shape index (κ3) is 3.38. The van der Waals surface area contributed by atoms with Crippen molar-refractivity contribution >= 4 is 11.9 Å². The van der Waals surface area contributed by atoms with Gasteiger partial charge in [0, 0.05) is 6.42 Å². The van der Waals surface area contributed by atoms with Crippen LogP contribution in [0.25, 0.3) is 0 Å². The Morgan fingerprint density at radius 1 is 1.40 bits per heavy atom. The summed E-state index contributed by atoms with van der Waals surface area (Å²) < 4.78 is 0. The molecule has 1 atom stereocenters. The van der Waals surface area contributed by atoms with E-state index < -0.39 is 11.5 Å². The summed E-state index contributed by atoms with van der Waals surface area (Å²) in [5.41, 5.74) is 1.16. The molecule has 108 valence electrons. The van der Waals surface area contributed by atoms with Gasteiger partial charge >= 0.3 is 5.97 Å². The molecule has 0 bridgehead atoms. The number of carboxylic acid groups (broad SMARTS) is 1. The molecule has 1 aromatic carbocycles. The minimum Gasteiger partial charge on any atom is -0.480 e. The van der Waals surface area contributed by atoms with E-state index in [1.807, 2.05) is 31.2 Å². The summed E-state index contributed by atoms with van der Waals surface area (Å²) in [7, 11) is 0. The monoisotopic (exact) mass is 275 g/mol. The molecular formula is C16H21NO3. The van der Waals surface area contributed by atoms with Gasteiger partial charge in [-0.2, -0.15) is 0 Å². The van der Waals surface area contributed by atoms with Crippen molar-refractivity contribution in [2.45, 2.75) is 45.1 Å². The Kier molecular flexibility index (Phi) is 4.12. The SMILES string of the molecule is Cc1cccc(CCC(=O)NC(C)(C(=O)O)C2CC2)c1. The number of hydrogen-bond acceptors (Lipinski definition) is 2. The third-order valence-electron chi connectivity index (χ3n) is 3.96. The second-order valence-corrected chi connectivity index (χ2v) is 5.82. The van der Waals surface area contributed by atoms with Crippen molar-refractivity contribution in [2.24, 2.45) is 5.92 Å². The topological polar surface area (TPSA) is 66.4 Å². The number of carbonyl (C=O) groups is 2. The van der Waals surface area contributed by atoms with E-state index in [2.05, 4.69) is 5.32 Å². The molecule has 0 saturated heterocycles. The Bertz CT molecular complexity index is 522. The minimum atomic E-state index is -1.11. The summed E-state index contributed by atoms with van der Waals surface area (Å²) in [4.78, 5) is 23.3. The van der Waals surface area contributed by atoms with Crippen LogP contribution in [-0.2, 0) is 16.0 Å². The molecule has 1 saturated carbocycles. The van der Waals surface area contributed by atoms with Crippen molar-refractivity contribution in [3.63, 3.8) is 0 Å². The van der Waals surface area contributed by atoms with Gasteiger partial charge in [0.2, 0.25) is 5.91 Å². The highest BCUT2D eigenvalue weighted by Crippen LogP contribution is 2.39. The maximum atomic E-state index is 12.0. The molecule has 20 heavy (non-hydrogen) atoms. The first-order valence-electron chi connectivity index (χ1n) is 7.02. The highest BCUT2D eigenvalue weighted by Gasteiger charge is 2.48. The Morgan fingerprint density at radius 2 is 2.10 bits per heavy atom. The van der Waals surface area contributed by atoms with Crippen LogP contribution in [0.4, 0.5) is 0 Å². The van der Waals surface area contributed by atoms with Gasteiger partial charge in [0.05, 0.1) is 0 Å². The summed E-state index contributed by atoms with van der Waals surface area (Å²) in [6, 6.07) is 8.01. The zero-order chi connectivity index (χ0) is 14.8. The van der Waals surface area contributed by atoms with Crippen LogP contribution in [0.2, 0.25) is 0 Å². The van der Waals surface area contributed by atoms with E-state index in [0.29, 0.717) is 12.8 Å². The van der Waals surface area contributed by atoms with Crippen LogP contribution in [0.15, 0.2) is 24.3 Å². The third-order valence-corrected chi connectivity index (χ3v) is 3.96. The van der Waals surface area contributed by atoms with Crippen molar-refractivity contribution in [3.05, 3.63) is 35.4 Å². The number of carbonyl (C=O) groups excluding carboxylic acids is 1. The molecule has 0 heterocycles. The molecule has 1 amide bonds. The lowest BCUT2D eigenvalue weighted by molar-refractivity contribution is -0.147. The zero-order valence-corrected chi connectivity index (χ0v) is 12.0. The fourth-order valence-corrected chi connectivity index (χ4v) is 2.47. The fourth-order valence-electron chi connectivity index (χ4n) is 2.47. The summed E-state index contributed by atoms with van der Waals surface area (Å²) >= 11 is 0. The highest BCUT2D eigenvalue weighted by atomic mass is 16.4. The summed E-state index contributed by atoms with van der Waals surface area (Å²) in [6.45, 7) is 3.62. The maximum absolute atomic E-state index is 12.0. The molecular weight excluding hydrogens is 254 g/mol. The first-order valence-corrected chi connectivity index (χ1v) is 7.02. The van der Waals surface area contributed by atoms with Crippen molar-refractivity contribution in [1.29, 1.82) is 0 Å². The van der Waals surface area contributed by atoms with Crippen LogP contribution >= 0.6 is 0 Å². The molecule has 0 aliphatic heterocycles.